The van der Waals surface area contributed by atoms with Crippen molar-refractivity contribution < 1.29 is 17.9 Å². The van der Waals surface area contributed by atoms with Gasteiger partial charge in [-0.05, 0) is 48.9 Å². The molecule has 8 nitrogen and oxygen atoms in total. The number of piperidine rings is 1. The van der Waals surface area contributed by atoms with Crippen molar-refractivity contribution in [1.82, 2.24) is 19.9 Å². The molecule has 0 radical (unpaired) electrons. The van der Waals surface area contributed by atoms with E-state index in [-0.39, 0.29) is 23.6 Å². The van der Waals surface area contributed by atoms with E-state index < -0.39 is 17.5 Å². The molecule has 2 aromatic heterocycles. The number of ether oxygens (including phenoxy) is 1. The fourth-order valence-electron chi connectivity index (χ4n) is 5.28. The lowest BCUT2D eigenvalue weighted by molar-refractivity contribution is 0.111. The van der Waals surface area contributed by atoms with Crippen LogP contribution >= 0.6 is 0 Å². The molecule has 4 heterocycles. The Morgan fingerprint density at radius 2 is 1.57 bits per heavy atom. The number of benzene rings is 1. The van der Waals surface area contributed by atoms with Gasteiger partial charge in [-0.15, -0.1) is 0 Å². The van der Waals surface area contributed by atoms with Gasteiger partial charge in [-0.3, -0.25) is 0 Å². The van der Waals surface area contributed by atoms with Crippen LogP contribution in [0.25, 0.3) is 0 Å². The third-order valence-corrected chi connectivity index (χ3v) is 7.26. The molecule has 0 amide bonds. The predicted molar refractivity (Wildman–Crippen MR) is 133 cm³/mol. The first kappa shape index (κ1) is 25.2. The maximum atomic E-state index is 14.3. The number of halogens is 3. The average Bonchev–Trinajstić information content (AvgIpc) is 3.31. The largest absolute Gasteiger partial charge is 0.487 e. The minimum Gasteiger partial charge on any atom is -0.487 e. The number of nitrogens with zero attached hydrogens (tertiary/aromatic N) is 6. The Labute approximate surface area is 213 Å². The van der Waals surface area contributed by atoms with Crippen LogP contribution in [-0.2, 0) is 0 Å². The number of rotatable bonds is 7. The summed E-state index contributed by atoms with van der Waals surface area (Å²) in [6.07, 6.45) is 8.32. The zero-order valence-corrected chi connectivity index (χ0v) is 20.6. The summed E-state index contributed by atoms with van der Waals surface area (Å²) in [5.74, 6) is 0.195. The van der Waals surface area contributed by atoms with Gasteiger partial charge in [-0.2, -0.15) is 0 Å². The number of aromatic nitrogens is 4. The third-order valence-electron chi connectivity index (χ3n) is 7.26. The van der Waals surface area contributed by atoms with Crippen molar-refractivity contribution in [3.63, 3.8) is 0 Å². The minimum absolute atomic E-state index is 0.00581. The molecule has 2 saturated heterocycles. The standard InChI is InChI=1S/C26H30F3N7O/c1-2-24(16-5-7-35(8-6-16)25-31-10-18(28)11-32-25)37-19-12-33-26(34-13-19)36-14-21(23(30)15-36)20-9-17(27)3-4-22(20)29/h3-4,9-13,16,21,23-24H,2,5-8,14-15,30H2,1H3/t21-,23+,24+/m1/s1. The molecule has 196 valence electrons. The van der Waals surface area contributed by atoms with Gasteiger partial charge >= 0.3 is 0 Å². The number of anilines is 2. The first-order chi connectivity index (χ1) is 17.9. The average molecular weight is 514 g/mol. The normalized spacial score (nSPS) is 21.3. The Morgan fingerprint density at radius 1 is 0.919 bits per heavy atom. The monoisotopic (exact) mass is 513 g/mol. The highest BCUT2D eigenvalue weighted by Crippen LogP contribution is 2.32. The van der Waals surface area contributed by atoms with Gasteiger partial charge in [0.1, 0.15) is 17.7 Å². The molecule has 0 spiro atoms. The lowest BCUT2D eigenvalue weighted by Crippen LogP contribution is -2.40. The lowest BCUT2D eigenvalue weighted by atomic mass is 9.90. The minimum atomic E-state index is -0.486. The molecule has 0 bridgehead atoms. The molecule has 37 heavy (non-hydrogen) atoms. The molecule has 2 aliphatic rings. The highest BCUT2D eigenvalue weighted by atomic mass is 19.1. The van der Waals surface area contributed by atoms with E-state index in [1.807, 2.05) is 4.90 Å². The van der Waals surface area contributed by atoms with Crippen molar-refractivity contribution in [2.75, 3.05) is 36.0 Å². The van der Waals surface area contributed by atoms with Crippen molar-refractivity contribution in [2.45, 2.75) is 44.2 Å². The van der Waals surface area contributed by atoms with Crippen LogP contribution in [0, 0.1) is 23.4 Å². The number of hydrogen-bond acceptors (Lipinski definition) is 8. The summed E-state index contributed by atoms with van der Waals surface area (Å²) < 4.78 is 47.4. The van der Waals surface area contributed by atoms with Crippen LogP contribution in [0.3, 0.4) is 0 Å². The second kappa shape index (κ2) is 10.9. The van der Waals surface area contributed by atoms with E-state index in [4.69, 9.17) is 10.5 Å². The quantitative estimate of drug-likeness (QED) is 0.512. The van der Waals surface area contributed by atoms with E-state index in [0.29, 0.717) is 36.7 Å². The van der Waals surface area contributed by atoms with Crippen LogP contribution in [0.1, 0.15) is 37.7 Å². The van der Waals surface area contributed by atoms with E-state index in [1.165, 1.54) is 18.5 Å². The highest BCUT2D eigenvalue weighted by molar-refractivity contribution is 5.39. The van der Waals surface area contributed by atoms with Gasteiger partial charge in [-0.25, -0.2) is 33.1 Å². The van der Waals surface area contributed by atoms with Crippen LogP contribution in [-0.4, -0.2) is 58.3 Å². The summed E-state index contributed by atoms with van der Waals surface area (Å²) in [4.78, 5) is 21.0. The second-order valence-electron chi connectivity index (χ2n) is 9.65. The molecule has 3 atom stereocenters. The second-order valence-corrected chi connectivity index (χ2v) is 9.65. The number of hydrogen-bond donors (Lipinski definition) is 1. The molecule has 3 aromatic rings. The van der Waals surface area contributed by atoms with E-state index in [1.54, 1.807) is 12.4 Å². The van der Waals surface area contributed by atoms with Crippen molar-refractivity contribution in [3.8, 4) is 5.75 Å². The molecule has 2 fully saturated rings. The third kappa shape index (κ3) is 5.61. The Kier molecular flexibility index (Phi) is 7.40. The SMILES string of the molecule is CC[C@H](Oc1cnc(N2C[C@H](c3cc(F)ccc3F)[C@@H](N)C2)nc1)C1CCN(c2ncc(F)cn2)CC1. The van der Waals surface area contributed by atoms with Gasteiger partial charge in [0.15, 0.2) is 11.6 Å². The molecule has 2 N–H and O–H groups in total. The Balaban J connectivity index is 1.18. The van der Waals surface area contributed by atoms with Crippen LogP contribution in [0.15, 0.2) is 43.0 Å². The van der Waals surface area contributed by atoms with Crippen molar-refractivity contribution >= 4 is 11.9 Å². The summed E-state index contributed by atoms with van der Waals surface area (Å²) in [5.41, 5.74) is 6.54. The maximum absolute atomic E-state index is 14.3. The molecule has 11 heteroatoms. The predicted octanol–water partition coefficient (Wildman–Crippen LogP) is 3.69. The Bertz CT molecular complexity index is 1190. The summed E-state index contributed by atoms with van der Waals surface area (Å²) in [7, 11) is 0. The van der Waals surface area contributed by atoms with E-state index in [9.17, 15) is 13.2 Å². The van der Waals surface area contributed by atoms with Gasteiger partial charge in [0, 0.05) is 38.1 Å². The zero-order chi connectivity index (χ0) is 25.9. The van der Waals surface area contributed by atoms with Gasteiger partial charge in [-0.1, -0.05) is 6.92 Å². The topological polar surface area (TPSA) is 93.3 Å². The van der Waals surface area contributed by atoms with Gasteiger partial charge in [0.25, 0.3) is 0 Å². The molecule has 1 aromatic carbocycles. The van der Waals surface area contributed by atoms with Gasteiger partial charge < -0.3 is 20.3 Å². The van der Waals surface area contributed by atoms with E-state index >= 15 is 0 Å². The van der Waals surface area contributed by atoms with Crippen LogP contribution in [0.5, 0.6) is 5.75 Å². The Morgan fingerprint density at radius 3 is 2.24 bits per heavy atom. The van der Waals surface area contributed by atoms with Crippen LogP contribution < -0.4 is 20.3 Å². The molecule has 0 aliphatic carbocycles. The summed E-state index contributed by atoms with van der Waals surface area (Å²) in [5, 5.41) is 0. The van der Waals surface area contributed by atoms with Gasteiger partial charge in [0.05, 0.1) is 24.8 Å². The van der Waals surface area contributed by atoms with Crippen LogP contribution in [0.2, 0.25) is 0 Å². The zero-order valence-electron chi connectivity index (χ0n) is 20.6. The molecule has 2 aliphatic heterocycles. The van der Waals surface area contributed by atoms with Crippen molar-refractivity contribution in [1.29, 1.82) is 0 Å². The van der Waals surface area contributed by atoms with Gasteiger partial charge in [0.2, 0.25) is 11.9 Å². The molecule has 0 saturated carbocycles. The smallest absolute Gasteiger partial charge is 0.225 e. The Hall–Kier alpha value is -3.47. The fourth-order valence-corrected chi connectivity index (χ4v) is 5.28. The van der Waals surface area contributed by atoms with E-state index in [2.05, 4.69) is 31.8 Å². The van der Waals surface area contributed by atoms with E-state index in [0.717, 1.165) is 44.5 Å². The first-order valence-electron chi connectivity index (χ1n) is 12.6. The molecule has 5 rings (SSSR count). The summed E-state index contributed by atoms with van der Waals surface area (Å²) >= 11 is 0. The highest BCUT2D eigenvalue weighted by Gasteiger charge is 2.34. The van der Waals surface area contributed by atoms with Crippen molar-refractivity contribution in [2.24, 2.45) is 11.7 Å². The summed E-state index contributed by atoms with van der Waals surface area (Å²) in [6, 6.07) is 3.08. The van der Waals surface area contributed by atoms with Crippen LogP contribution in [0.4, 0.5) is 25.1 Å². The maximum Gasteiger partial charge on any atom is 0.225 e. The molecule has 0 unspecified atom stereocenters. The summed E-state index contributed by atoms with van der Waals surface area (Å²) in [6.45, 7) is 4.47. The molecular formula is C26H30F3N7O. The lowest BCUT2D eigenvalue weighted by Gasteiger charge is -2.35. The van der Waals surface area contributed by atoms with Crippen molar-refractivity contribution in [3.05, 3.63) is 66.0 Å². The fraction of sp³-hybridized carbons (Fsp3) is 0.462. The first-order valence-corrected chi connectivity index (χ1v) is 12.6. The molecular weight excluding hydrogens is 483 g/mol. The number of nitrogens with two attached hydrogens (primary N) is 1.